The number of nitrogens with zero attached hydrogens (tertiary/aromatic N) is 1. The van der Waals surface area contributed by atoms with E-state index in [2.05, 4.69) is 15.3 Å². The predicted molar refractivity (Wildman–Crippen MR) is 81.7 cm³/mol. The fraction of sp³-hybridized carbons (Fsp3) is 0.312. The highest BCUT2D eigenvalue weighted by atomic mass is 16.5. The Morgan fingerprint density at radius 1 is 1.35 bits per heavy atom. The summed E-state index contributed by atoms with van der Waals surface area (Å²) in [7, 11) is 0. The van der Waals surface area contributed by atoms with Crippen molar-refractivity contribution < 1.29 is 14.3 Å². The number of aromatic nitrogens is 2. The van der Waals surface area contributed by atoms with Gasteiger partial charge in [-0.3, -0.25) is 4.79 Å². The van der Waals surface area contributed by atoms with E-state index in [1.807, 2.05) is 30.3 Å². The molecule has 2 N–H and O–H groups in total. The number of ether oxygens (including phenoxy) is 2. The smallest absolute Gasteiger partial charge is 0.407 e. The van der Waals surface area contributed by atoms with Crippen LogP contribution in [0.3, 0.4) is 0 Å². The number of fused-ring (bicyclic) bond motifs is 1. The van der Waals surface area contributed by atoms with Gasteiger partial charge in [0.2, 0.25) is 0 Å². The van der Waals surface area contributed by atoms with Gasteiger partial charge in [-0.05, 0) is 5.56 Å². The Hall–Kier alpha value is -2.67. The van der Waals surface area contributed by atoms with Crippen LogP contribution in [0.2, 0.25) is 0 Å². The number of benzene rings is 1. The molecule has 0 saturated heterocycles. The molecular formula is C16H17N3O4. The van der Waals surface area contributed by atoms with Crippen molar-refractivity contribution in [3.05, 3.63) is 63.3 Å². The molecule has 120 valence electrons. The Kier molecular flexibility index (Phi) is 4.68. The van der Waals surface area contributed by atoms with Crippen molar-refractivity contribution in [1.29, 1.82) is 0 Å². The second kappa shape index (κ2) is 7.06. The highest BCUT2D eigenvalue weighted by Crippen LogP contribution is 2.09. The number of hydrogen-bond donors (Lipinski definition) is 2. The third-order valence-electron chi connectivity index (χ3n) is 3.49. The van der Waals surface area contributed by atoms with Gasteiger partial charge in [-0.15, -0.1) is 0 Å². The van der Waals surface area contributed by atoms with Gasteiger partial charge in [-0.1, -0.05) is 30.3 Å². The number of hydrogen-bond acceptors (Lipinski definition) is 5. The first-order chi connectivity index (χ1) is 11.2. The van der Waals surface area contributed by atoms with Crippen LogP contribution in [0.5, 0.6) is 0 Å². The summed E-state index contributed by atoms with van der Waals surface area (Å²) < 4.78 is 10.3. The minimum Gasteiger partial charge on any atom is -0.445 e. The first-order valence-electron chi connectivity index (χ1n) is 7.35. The third kappa shape index (κ3) is 3.95. The van der Waals surface area contributed by atoms with Crippen LogP contribution >= 0.6 is 0 Å². The molecule has 3 rings (SSSR count). The lowest BCUT2D eigenvalue weighted by Crippen LogP contribution is -2.29. The topological polar surface area (TPSA) is 93.3 Å². The van der Waals surface area contributed by atoms with Crippen LogP contribution in [0.25, 0.3) is 0 Å². The Balaban J connectivity index is 1.55. The first-order valence-corrected chi connectivity index (χ1v) is 7.35. The second-order valence-corrected chi connectivity index (χ2v) is 5.16. The standard InChI is InChI=1S/C16H17N3O4/c20-15-12-10-22-7-6-13(12)18-14(19-15)8-17-16(21)23-9-11-4-2-1-3-5-11/h1-5H,6-10H2,(H,17,21)(H,18,19,20). The van der Waals surface area contributed by atoms with Crippen molar-refractivity contribution in [2.75, 3.05) is 6.61 Å². The lowest BCUT2D eigenvalue weighted by atomic mass is 10.1. The van der Waals surface area contributed by atoms with E-state index in [0.29, 0.717) is 24.4 Å². The Morgan fingerprint density at radius 3 is 3.00 bits per heavy atom. The molecule has 1 aromatic heterocycles. The average molecular weight is 315 g/mol. The third-order valence-corrected chi connectivity index (χ3v) is 3.49. The van der Waals surface area contributed by atoms with Gasteiger partial charge in [-0.2, -0.15) is 0 Å². The molecule has 0 spiro atoms. The van der Waals surface area contributed by atoms with Gasteiger partial charge in [-0.25, -0.2) is 9.78 Å². The fourth-order valence-electron chi connectivity index (χ4n) is 2.31. The minimum atomic E-state index is -0.558. The molecule has 1 aromatic carbocycles. The quantitative estimate of drug-likeness (QED) is 0.886. The van der Waals surface area contributed by atoms with E-state index >= 15 is 0 Å². The summed E-state index contributed by atoms with van der Waals surface area (Å²) in [5.74, 6) is 0.410. The van der Waals surface area contributed by atoms with Gasteiger partial charge in [0, 0.05) is 6.42 Å². The van der Waals surface area contributed by atoms with Gasteiger partial charge in [0.25, 0.3) is 5.56 Å². The van der Waals surface area contributed by atoms with E-state index < -0.39 is 6.09 Å². The average Bonchev–Trinajstić information content (AvgIpc) is 2.59. The number of H-pyrrole nitrogens is 1. The SMILES string of the molecule is O=C(NCc1nc2c(c(=O)[nH]1)COCC2)OCc1ccccc1. The van der Waals surface area contributed by atoms with Gasteiger partial charge in [0.05, 0.1) is 31.0 Å². The maximum Gasteiger partial charge on any atom is 0.407 e. The van der Waals surface area contributed by atoms with E-state index in [0.717, 1.165) is 11.3 Å². The summed E-state index contributed by atoms with van der Waals surface area (Å²) in [6, 6.07) is 9.40. The zero-order valence-corrected chi connectivity index (χ0v) is 12.5. The van der Waals surface area contributed by atoms with Crippen molar-refractivity contribution >= 4 is 6.09 Å². The molecule has 7 nitrogen and oxygen atoms in total. The predicted octanol–water partition coefficient (Wildman–Crippen LogP) is 1.27. The highest BCUT2D eigenvalue weighted by molar-refractivity contribution is 5.67. The first kappa shape index (κ1) is 15.2. The van der Waals surface area contributed by atoms with Crippen LogP contribution in [0.15, 0.2) is 35.1 Å². The molecule has 2 heterocycles. The van der Waals surface area contributed by atoms with Gasteiger partial charge in [0.15, 0.2) is 0 Å². The van der Waals surface area contributed by atoms with Crippen molar-refractivity contribution in [3.8, 4) is 0 Å². The Bertz CT molecular complexity index is 743. The monoisotopic (exact) mass is 315 g/mol. The lowest BCUT2D eigenvalue weighted by molar-refractivity contribution is 0.107. The highest BCUT2D eigenvalue weighted by Gasteiger charge is 2.16. The van der Waals surface area contributed by atoms with Gasteiger partial charge < -0.3 is 19.8 Å². The van der Waals surface area contributed by atoms with E-state index in [1.165, 1.54) is 0 Å². The van der Waals surface area contributed by atoms with E-state index in [4.69, 9.17) is 9.47 Å². The molecule has 1 aliphatic rings. The molecule has 23 heavy (non-hydrogen) atoms. The molecule has 0 radical (unpaired) electrons. The molecular weight excluding hydrogens is 298 g/mol. The summed E-state index contributed by atoms with van der Waals surface area (Å²) >= 11 is 0. The van der Waals surface area contributed by atoms with Crippen molar-refractivity contribution in [2.45, 2.75) is 26.2 Å². The van der Waals surface area contributed by atoms with E-state index in [9.17, 15) is 9.59 Å². The van der Waals surface area contributed by atoms with Crippen LogP contribution in [0.1, 0.15) is 22.6 Å². The number of aromatic amines is 1. The van der Waals surface area contributed by atoms with Crippen LogP contribution in [-0.4, -0.2) is 22.7 Å². The molecule has 7 heteroatoms. The number of rotatable bonds is 4. The molecule has 0 fully saturated rings. The maximum atomic E-state index is 11.9. The fourth-order valence-corrected chi connectivity index (χ4v) is 2.31. The van der Waals surface area contributed by atoms with Gasteiger partial charge in [0.1, 0.15) is 12.4 Å². The van der Waals surface area contributed by atoms with Crippen molar-refractivity contribution in [3.63, 3.8) is 0 Å². The number of nitrogens with one attached hydrogen (secondary N) is 2. The molecule has 0 saturated carbocycles. The van der Waals surface area contributed by atoms with Crippen LogP contribution in [0, 0.1) is 0 Å². The summed E-state index contributed by atoms with van der Waals surface area (Å²) in [6.07, 6.45) is 0.0441. The second-order valence-electron chi connectivity index (χ2n) is 5.16. The number of amides is 1. The van der Waals surface area contributed by atoms with Crippen molar-refractivity contribution in [1.82, 2.24) is 15.3 Å². The molecule has 0 atom stereocenters. The van der Waals surface area contributed by atoms with E-state index in [-0.39, 0.29) is 25.3 Å². The zero-order chi connectivity index (χ0) is 16.1. The molecule has 1 aliphatic heterocycles. The summed E-state index contributed by atoms with van der Waals surface area (Å²) in [5, 5.41) is 2.58. The zero-order valence-electron chi connectivity index (χ0n) is 12.5. The molecule has 1 amide bonds. The normalized spacial score (nSPS) is 13.2. The van der Waals surface area contributed by atoms with E-state index in [1.54, 1.807) is 0 Å². The summed E-state index contributed by atoms with van der Waals surface area (Å²) in [6.45, 7) is 1.13. The minimum absolute atomic E-state index is 0.108. The maximum absolute atomic E-state index is 11.9. The lowest BCUT2D eigenvalue weighted by Gasteiger charge is -2.15. The number of carbonyl (C=O) groups excluding carboxylic acids is 1. The van der Waals surface area contributed by atoms with Crippen LogP contribution < -0.4 is 10.9 Å². The van der Waals surface area contributed by atoms with Gasteiger partial charge >= 0.3 is 6.09 Å². The molecule has 0 bridgehead atoms. The summed E-state index contributed by atoms with van der Waals surface area (Å²) in [5.41, 5.74) is 1.98. The van der Waals surface area contributed by atoms with Crippen LogP contribution in [-0.2, 0) is 35.7 Å². The van der Waals surface area contributed by atoms with Crippen molar-refractivity contribution in [2.24, 2.45) is 0 Å². The summed E-state index contributed by atoms with van der Waals surface area (Å²) in [4.78, 5) is 30.6. The molecule has 0 aliphatic carbocycles. The molecule has 0 unspecified atom stereocenters. The van der Waals surface area contributed by atoms with Crippen LogP contribution in [0.4, 0.5) is 4.79 Å². The Morgan fingerprint density at radius 2 is 2.17 bits per heavy atom. The largest absolute Gasteiger partial charge is 0.445 e. The number of alkyl carbamates (subject to hydrolysis) is 1. The number of carbonyl (C=O) groups is 1. The molecule has 2 aromatic rings. The Labute approximate surface area is 132 Å².